The molecular formula is C19H19ClN2O5S. The number of rotatable bonds is 7. The van der Waals surface area contributed by atoms with Crippen LogP contribution in [0.25, 0.3) is 10.2 Å². The molecule has 3 rings (SSSR count). The zero-order chi connectivity index (χ0) is 20.3. The van der Waals surface area contributed by atoms with Crippen LogP contribution in [-0.2, 0) is 16.1 Å². The van der Waals surface area contributed by atoms with Crippen molar-refractivity contribution < 1.29 is 23.8 Å². The Hall–Kier alpha value is -2.71. The fourth-order valence-corrected chi connectivity index (χ4v) is 3.93. The first-order valence-corrected chi connectivity index (χ1v) is 9.69. The van der Waals surface area contributed by atoms with Crippen molar-refractivity contribution in [2.75, 3.05) is 26.1 Å². The van der Waals surface area contributed by atoms with Gasteiger partial charge in [0.2, 0.25) is 5.91 Å². The van der Waals surface area contributed by atoms with Gasteiger partial charge in [0, 0.05) is 11.5 Å². The van der Waals surface area contributed by atoms with Crippen LogP contribution in [0, 0.1) is 0 Å². The van der Waals surface area contributed by atoms with Gasteiger partial charge in [-0.25, -0.2) is 4.79 Å². The zero-order valence-electron chi connectivity index (χ0n) is 15.6. The number of ether oxygens (including phenoxy) is 3. The SMILES string of the molecule is CCOC(=O)c1cc2ccsc2n1CC(=O)Nc1cc(Cl)c(OC)cc1OC. The van der Waals surface area contributed by atoms with Gasteiger partial charge in [0.05, 0.1) is 31.5 Å². The predicted molar refractivity (Wildman–Crippen MR) is 109 cm³/mol. The predicted octanol–water partition coefficient (Wildman–Crippen LogP) is 4.19. The first kappa shape index (κ1) is 20.0. The Kier molecular flexibility index (Phi) is 6.11. The third kappa shape index (κ3) is 3.93. The number of nitrogens with zero attached hydrogens (tertiary/aromatic N) is 1. The highest BCUT2D eigenvalue weighted by Gasteiger charge is 2.20. The Labute approximate surface area is 170 Å². The van der Waals surface area contributed by atoms with Gasteiger partial charge < -0.3 is 24.1 Å². The third-order valence-electron chi connectivity index (χ3n) is 4.04. The number of carbonyl (C=O) groups is 2. The fourth-order valence-electron chi connectivity index (χ4n) is 2.80. The number of nitrogens with one attached hydrogen (secondary N) is 1. The molecule has 0 spiro atoms. The van der Waals surface area contributed by atoms with Crippen molar-refractivity contribution >= 4 is 50.7 Å². The molecule has 0 aliphatic heterocycles. The lowest BCUT2D eigenvalue weighted by molar-refractivity contribution is -0.116. The number of hydrogen-bond acceptors (Lipinski definition) is 6. The summed E-state index contributed by atoms with van der Waals surface area (Å²) in [6.45, 7) is 1.93. The van der Waals surface area contributed by atoms with Crippen LogP contribution in [0.3, 0.4) is 0 Å². The number of aromatic nitrogens is 1. The second-order valence-corrected chi connectivity index (χ2v) is 7.05. The Bertz CT molecular complexity index is 1030. The smallest absolute Gasteiger partial charge is 0.355 e. The maximum Gasteiger partial charge on any atom is 0.355 e. The number of halogens is 1. The van der Waals surface area contributed by atoms with Crippen LogP contribution in [0.5, 0.6) is 11.5 Å². The molecule has 0 saturated carbocycles. The van der Waals surface area contributed by atoms with Gasteiger partial charge in [-0.1, -0.05) is 11.6 Å². The Morgan fingerprint density at radius 3 is 2.61 bits per heavy atom. The molecule has 0 aliphatic rings. The molecule has 2 aromatic heterocycles. The molecule has 0 radical (unpaired) electrons. The average molecular weight is 423 g/mol. The van der Waals surface area contributed by atoms with Crippen LogP contribution >= 0.6 is 22.9 Å². The molecule has 0 unspecified atom stereocenters. The summed E-state index contributed by atoms with van der Waals surface area (Å²) in [6, 6.07) is 6.76. The first-order valence-electron chi connectivity index (χ1n) is 8.43. The quantitative estimate of drug-likeness (QED) is 0.577. The van der Waals surface area contributed by atoms with Crippen LogP contribution in [0.15, 0.2) is 29.6 Å². The maximum absolute atomic E-state index is 12.7. The second-order valence-electron chi connectivity index (χ2n) is 5.75. The number of anilines is 1. The van der Waals surface area contributed by atoms with Crippen molar-refractivity contribution in [3.8, 4) is 11.5 Å². The molecule has 0 atom stereocenters. The summed E-state index contributed by atoms with van der Waals surface area (Å²) < 4.78 is 17.2. The average Bonchev–Trinajstić information content (AvgIpc) is 3.25. The normalized spacial score (nSPS) is 10.7. The molecule has 7 nitrogen and oxygen atoms in total. The van der Waals surface area contributed by atoms with Gasteiger partial charge in [-0.3, -0.25) is 4.79 Å². The fraction of sp³-hybridized carbons (Fsp3) is 0.263. The number of esters is 1. The van der Waals surface area contributed by atoms with E-state index in [1.807, 2.05) is 11.4 Å². The van der Waals surface area contributed by atoms with Crippen LogP contribution < -0.4 is 14.8 Å². The van der Waals surface area contributed by atoms with E-state index in [2.05, 4.69) is 5.32 Å². The Balaban J connectivity index is 1.88. The number of carbonyl (C=O) groups excluding carboxylic acids is 2. The van der Waals surface area contributed by atoms with Crippen molar-refractivity contribution in [1.82, 2.24) is 4.57 Å². The second kappa shape index (κ2) is 8.53. The first-order chi connectivity index (χ1) is 13.5. The van der Waals surface area contributed by atoms with E-state index in [0.29, 0.717) is 27.9 Å². The van der Waals surface area contributed by atoms with E-state index in [0.717, 1.165) is 10.2 Å². The number of thiophene rings is 1. The molecule has 0 fully saturated rings. The van der Waals surface area contributed by atoms with Gasteiger partial charge in [0.1, 0.15) is 28.6 Å². The summed E-state index contributed by atoms with van der Waals surface area (Å²) in [5.41, 5.74) is 0.740. The summed E-state index contributed by atoms with van der Waals surface area (Å²) in [6.07, 6.45) is 0. The lowest BCUT2D eigenvalue weighted by atomic mass is 10.2. The van der Waals surface area contributed by atoms with Crippen molar-refractivity contribution in [3.05, 3.63) is 40.4 Å². The highest BCUT2D eigenvalue weighted by Crippen LogP contribution is 2.36. The van der Waals surface area contributed by atoms with Crippen LogP contribution in [0.1, 0.15) is 17.4 Å². The lowest BCUT2D eigenvalue weighted by Gasteiger charge is -2.14. The van der Waals surface area contributed by atoms with E-state index in [1.165, 1.54) is 25.6 Å². The zero-order valence-corrected chi connectivity index (χ0v) is 17.1. The van der Waals surface area contributed by atoms with Crippen molar-refractivity contribution in [2.45, 2.75) is 13.5 Å². The summed E-state index contributed by atoms with van der Waals surface area (Å²) >= 11 is 7.60. The highest BCUT2D eigenvalue weighted by molar-refractivity contribution is 7.16. The molecule has 0 bridgehead atoms. The van der Waals surface area contributed by atoms with E-state index < -0.39 is 5.97 Å². The minimum atomic E-state index is -0.469. The van der Waals surface area contributed by atoms with Gasteiger partial charge >= 0.3 is 5.97 Å². The van der Waals surface area contributed by atoms with E-state index >= 15 is 0 Å². The molecule has 0 saturated heterocycles. The maximum atomic E-state index is 12.7. The number of hydrogen-bond donors (Lipinski definition) is 1. The minimum Gasteiger partial charge on any atom is -0.495 e. The molecule has 9 heteroatoms. The van der Waals surface area contributed by atoms with E-state index in [-0.39, 0.29) is 19.1 Å². The molecule has 1 aromatic carbocycles. The Morgan fingerprint density at radius 1 is 1.18 bits per heavy atom. The van der Waals surface area contributed by atoms with Gasteiger partial charge in [0.25, 0.3) is 0 Å². The van der Waals surface area contributed by atoms with Gasteiger partial charge in [-0.15, -0.1) is 11.3 Å². The van der Waals surface area contributed by atoms with Crippen molar-refractivity contribution in [3.63, 3.8) is 0 Å². The summed E-state index contributed by atoms with van der Waals surface area (Å²) in [7, 11) is 2.98. The highest BCUT2D eigenvalue weighted by atomic mass is 35.5. The number of fused-ring (bicyclic) bond motifs is 1. The summed E-state index contributed by atoms with van der Waals surface area (Å²) in [4.78, 5) is 25.8. The van der Waals surface area contributed by atoms with Gasteiger partial charge in [-0.05, 0) is 30.5 Å². The molecule has 2 heterocycles. The van der Waals surface area contributed by atoms with Gasteiger partial charge in [0.15, 0.2) is 0 Å². The van der Waals surface area contributed by atoms with Crippen molar-refractivity contribution in [1.29, 1.82) is 0 Å². The van der Waals surface area contributed by atoms with E-state index in [9.17, 15) is 9.59 Å². The number of benzene rings is 1. The number of methoxy groups -OCH3 is 2. The largest absolute Gasteiger partial charge is 0.495 e. The van der Waals surface area contributed by atoms with Crippen LogP contribution in [-0.4, -0.2) is 37.3 Å². The third-order valence-corrected chi connectivity index (χ3v) is 5.28. The lowest BCUT2D eigenvalue weighted by Crippen LogP contribution is -2.22. The molecule has 148 valence electrons. The molecular weight excluding hydrogens is 404 g/mol. The molecule has 3 aromatic rings. The molecule has 1 amide bonds. The standard InChI is InChI=1S/C19H19ClN2O5S/c1-4-27-19(24)14-7-11-5-6-28-18(11)22(14)10-17(23)21-13-8-12(20)15(25-2)9-16(13)26-3/h5-9H,4,10H2,1-3H3,(H,21,23). The summed E-state index contributed by atoms with van der Waals surface area (Å²) in [5, 5.41) is 5.90. The Morgan fingerprint density at radius 2 is 1.93 bits per heavy atom. The van der Waals surface area contributed by atoms with Crippen LogP contribution in [0.2, 0.25) is 5.02 Å². The van der Waals surface area contributed by atoms with Gasteiger partial charge in [-0.2, -0.15) is 0 Å². The topological polar surface area (TPSA) is 78.8 Å². The molecule has 0 aliphatic carbocycles. The minimum absolute atomic E-state index is 0.0645. The molecule has 1 N–H and O–H groups in total. The van der Waals surface area contributed by atoms with E-state index in [1.54, 1.807) is 29.7 Å². The van der Waals surface area contributed by atoms with E-state index in [4.69, 9.17) is 25.8 Å². The summed E-state index contributed by atoms with van der Waals surface area (Å²) in [5.74, 6) is 0.0422. The molecule has 28 heavy (non-hydrogen) atoms. The number of amides is 1. The van der Waals surface area contributed by atoms with Crippen molar-refractivity contribution in [2.24, 2.45) is 0 Å². The van der Waals surface area contributed by atoms with Crippen LogP contribution in [0.4, 0.5) is 5.69 Å². The monoisotopic (exact) mass is 422 g/mol.